The smallest absolute Gasteiger partial charge is 0.241 e. The molecule has 1 aromatic rings. The van der Waals surface area contributed by atoms with Gasteiger partial charge in [0.2, 0.25) is 5.90 Å². The summed E-state index contributed by atoms with van der Waals surface area (Å²) in [6, 6.07) is 8.36. The van der Waals surface area contributed by atoms with Gasteiger partial charge in [-0.3, -0.25) is 0 Å². The van der Waals surface area contributed by atoms with Gasteiger partial charge in [-0.05, 0) is 82.1 Å². The number of carbonyl (C=O) groups excluding carboxylic acids is 2. The van der Waals surface area contributed by atoms with Crippen molar-refractivity contribution in [3.63, 3.8) is 0 Å². The van der Waals surface area contributed by atoms with E-state index in [1.54, 1.807) is 11.8 Å². The molecule has 10 heteroatoms. The van der Waals surface area contributed by atoms with E-state index in [-0.39, 0.29) is 10.8 Å². The van der Waals surface area contributed by atoms with Gasteiger partial charge < -0.3 is 34.4 Å². The van der Waals surface area contributed by atoms with Crippen LogP contribution in [0.15, 0.2) is 34.5 Å². The molecule has 0 atom stereocenters. The molecule has 56 heavy (non-hydrogen) atoms. The van der Waals surface area contributed by atoms with E-state index in [1.807, 2.05) is 44.6 Å². The van der Waals surface area contributed by atoms with Crippen molar-refractivity contribution in [1.29, 1.82) is 0 Å². The SMILES string of the molecule is C=N/N=C(\OCSC)c1ccc(OCC(C)(C)COCC(C)(C)CNC)cc1.CCCCCCCCCCCCCCCC=O.CNC1CC2(CC(C=O)C2)C1. The molecule has 2 aliphatic rings. The lowest BCUT2D eigenvalue weighted by atomic mass is 9.50. The molecule has 2 N–H and O–H groups in total. The molecule has 2 saturated carbocycles. The van der Waals surface area contributed by atoms with Gasteiger partial charge in [-0.15, -0.1) is 16.9 Å². The summed E-state index contributed by atoms with van der Waals surface area (Å²) in [5.41, 5.74) is 1.46. The van der Waals surface area contributed by atoms with E-state index in [0.717, 1.165) is 62.2 Å². The van der Waals surface area contributed by atoms with Gasteiger partial charge in [0.15, 0.2) is 0 Å². The normalized spacial score (nSPS) is 19.0. The van der Waals surface area contributed by atoms with Gasteiger partial charge in [0, 0.05) is 48.0 Å². The topological polar surface area (TPSA) is 111 Å². The molecule has 322 valence electrons. The predicted octanol–water partition coefficient (Wildman–Crippen LogP) is 10.7. The van der Waals surface area contributed by atoms with Crippen molar-refractivity contribution in [3.8, 4) is 5.75 Å². The largest absolute Gasteiger partial charge is 0.493 e. The van der Waals surface area contributed by atoms with Crippen molar-refractivity contribution in [1.82, 2.24) is 10.6 Å². The fraction of sp³-hybridized carbons (Fsp3) is 0.783. The average molecular weight is 803 g/mol. The monoisotopic (exact) mass is 803 g/mol. The Labute approximate surface area is 347 Å². The van der Waals surface area contributed by atoms with Crippen LogP contribution < -0.4 is 15.4 Å². The summed E-state index contributed by atoms with van der Waals surface area (Å²) in [6.45, 7) is 17.2. The number of aldehydes is 2. The molecule has 0 aromatic heterocycles. The van der Waals surface area contributed by atoms with Gasteiger partial charge >= 0.3 is 0 Å². The number of hydrogen-bond donors (Lipinski definition) is 2. The molecule has 0 radical (unpaired) electrons. The first kappa shape index (κ1) is 51.7. The average Bonchev–Trinajstić information content (AvgIpc) is 3.14. The predicted molar refractivity (Wildman–Crippen MR) is 239 cm³/mol. The van der Waals surface area contributed by atoms with E-state index in [9.17, 15) is 9.59 Å². The summed E-state index contributed by atoms with van der Waals surface area (Å²) < 4.78 is 17.5. The van der Waals surface area contributed by atoms with Gasteiger partial charge in [-0.1, -0.05) is 112 Å². The highest BCUT2D eigenvalue weighted by atomic mass is 32.2. The molecule has 0 saturated heterocycles. The minimum atomic E-state index is -0.0881. The standard InChI is InChI=1S/C21H35N3O3S.C16H32O.C9H15NO/c1-20(2,12-22-5)13-25-14-21(3,4)15-26-18-10-8-17(9-11-18)19(24-23-6)27-16-28-7;1-2-3-4-5-6-7-8-9-10-11-12-13-14-15-16-17;1-10-8-4-9(5-8)2-7(3-9)6-11/h8-11,22H,6,12-16H2,1-5,7H3;16H,2-15H2,1H3;6-8,10H,2-5H2,1H3/b24-19-;;. The second-order valence-corrected chi connectivity index (χ2v) is 18.5. The van der Waals surface area contributed by atoms with Crippen molar-refractivity contribution in [2.24, 2.45) is 32.4 Å². The number of nitrogens with one attached hydrogen (secondary N) is 2. The number of unbranched alkanes of at least 4 members (excludes halogenated alkanes) is 13. The molecular weight excluding hydrogens is 721 g/mol. The lowest BCUT2D eigenvalue weighted by Crippen LogP contribution is -2.54. The van der Waals surface area contributed by atoms with Crippen LogP contribution in [0.1, 0.15) is 156 Å². The van der Waals surface area contributed by atoms with Crippen LogP contribution in [0.2, 0.25) is 0 Å². The molecule has 1 aromatic carbocycles. The summed E-state index contributed by atoms with van der Waals surface area (Å²) in [4.78, 5) is 20.5. The highest BCUT2D eigenvalue weighted by Gasteiger charge is 2.52. The maximum Gasteiger partial charge on any atom is 0.241 e. The second-order valence-electron chi connectivity index (χ2n) is 17.7. The first-order valence-electron chi connectivity index (χ1n) is 21.6. The number of thioether (sulfide) groups is 1. The molecule has 0 bridgehead atoms. The summed E-state index contributed by atoms with van der Waals surface area (Å²) in [6.07, 6.45) is 27.6. The lowest BCUT2D eigenvalue weighted by Gasteiger charge is -2.56. The van der Waals surface area contributed by atoms with Crippen molar-refractivity contribution in [2.75, 3.05) is 52.7 Å². The van der Waals surface area contributed by atoms with Crippen LogP contribution in [0.25, 0.3) is 0 Å². The third kappa shape index (κ3) is 23.8. The fourth-order valence-corrected chi connectivity index (χ4v) is 7.64. The summed E-state index contributed by atoms with van der Waals surface area (Å²) in [7, 11) is 3.98. The van der Waals surface area contributed by atoms with Crippen molar-refractivity contribution < 1.29 is 23.8 Å². The Balaban J connectivity index is 0.000000470. The maximum absolute atomic E-state index is 10.4. The number of nitrogens with zero attached hydrogens (tertiary/aromatic N) is 2. The molecule has 3 rings (SSSR count). The summed E-state index contributed by atoms with van der Waals surface area (Å²) >= 11 is 1.57. The molecule has 2 fully saturated rings. The van der Waals surface area contributed by atoms with Crippen molar-refractivity contribution >= 4 is 36.9 Å². The van der Waals surface area contributed by atoms with Crippen molar-refractivity contribution in [3.05, 3.63) is 29.8 Å². The van der Waals surface area contributed by atoms with Gasteiger partial charge in [-0.25, -0.2) is 0 Å². The number of rotatable bonds is 29. The van der Waals surface area contributed by atoms with Gasteiger partial charge in [-0.2, -0.15) is 5.10 Å². The third-order valence-electron chi connectivity index (χ3n) is 10.6. The molecule has 0 amide bonds. The number of hydrogen-bond acceptors (Lipinski definition) is 10. The Bertz CT molecular complexity index is 1180. The molecular formula is C46H82N4O5S. The van der Waals surface area contributed by atoms with Crippen LogP contribution in [0, 0.1) is 22.2 Å². The first-order valence-corrected chi connectivity index (χ1v) is 23.0. The van der Waals surface area contributed by atoms with Crippen LogP contribution in [0.5, 0.6) is 5.75 Å². The zero-order valence-electron chi connectivity index (χ0n) is 36.9. The van der Waals surface area contributed by atoms with Crippen LogP contribution >= 0.6 is 11.8 Å². The Hall–Kier alpha value is -2.27. The fourth-order valence-electron chi connectivity index (χ4n) is 7.41. The van der Waals surface area contributed by atoms with Crippen LogP contribution in [0.4, 0.5) is 0 Å². The highest BCUT2D eigenvalue weighted by molar-refractivity contribution is 7.98. The van der Waals surface area contributed by atoms with Crippen LogP contribution in [-0.4, -0.2) is 83.9 Å². The summed E-state index contributed by atoms with van der Waals surface area (Å²) in [5.74, 6) is 2.15. The summed E-state index contributed by atoms with van der Waals surface area (Å²) in [5, 5.41) is 14.0. The number of benzene rings is 1. The van der Waals surface area contributed by atoms with E-state index >= 15 is 0 Å². The van der Waals surface area contributed by atoms with E-state index in [2.05, 4.69) is 62.2 Å². The van der Waals surface area contributed by atoms with E-state index < -0.39 is 0 Å². The van der Waals surface area contributed by atoms with Gasteiger partial charge in [0.1, 0.15) is 24.3 Å². The molecule has 1 spiro atoms. The molecule has 2 aliphatic carbocycles. The molecule has 0 unspecified atom stereocenters. The highest BCUT2D eigenvalue weighted by Crippen LogP contribution is 2.57. The Morgan fingerprint density at radius 2 is 1.39 bits per heavy atom. The van der Waals surface area contributed by atoms with E-state index in [0.29, 0.717) is 43.0 Å². The molecule has 0 aliphatic heterocycles. The second kappa shape index (κ2) is 30.8. The number of ether oxygens (including phenoxy) is 3. The zero-order valence-corrected chi connectivity index (χ0v) is 37.7. The maximum atomic E-state index is 10.4. The van der Waals surface area contributed by atoms with Crippen molar-refractivity contribution in [2.45, 2.75) is 156 Å². The zero-order chi connectivity index (χ0) is 41.5. The van der Waals surface area contributed by atoms with Crippen LogP contribution in [0.3, 0.4) is 0 Å². The van der Waals surface area contributed by atoms with Gasteiger partial charge in [0.05, 0.1) is 19.8 Å². The minimum Gasteiger partial charge on any atom is -0.493 e. The molecule has 9 nitrogen and oxygen atoms in total. The van der Waals surface area contributed by atoms with E-state index in [4.69, 9.17) is 14.2 Å². The Morgan fingerprint density at radius 3 is 1.88 bits per heavy atom. The quantitative estimate of drug-likeness (QED) is 0.0206. The Morgan fingerprint density at radius 1 is 0.839 bits per heavy atom. The lowest BCUT2D eigenvalue weighted by molar-refractivity contribution is -0.123. The number of carbonyl (C=O) groups is 2. The molecule has 0 heterocycles. The van der Waals surface area contributed by atoms with Crippen LogP contribution in [-0.2, 0) is 19.1 Å². The third-order valence-corrected chi connectivity index (χ3v) is 11.0. The Kier molecular flexibility index (Phi) is 28.4. The van der Waals surface area contributed by atoms with E-state index in [1.165, 1.54) is 89.9 Å². The first-order chi connectivity index (χ1) is 26.9. The minimum absolute atomic E-state index is 0.0881. The van der Waals surface area contributed by atoms with Gasteiger partial charge in [0.25, 0.3) is 0 Å².